The second kappa shape index (κ2) is 6.03. The number of hydrogen-bond acceptors (Lipinski definition) is 2. The summed E-state index contributed by atoms with van der Waals surface area (Å²) in [6.45, 7) is 1.90. The van der Waals surface area contributed by atoms with Crippen LogP contribution in [0.3, 0.4) is 0 Å². The number of halogens is 6. The Morgan fingerprint density at radius 1 is 1.14 bits per heavy atom. The largest absolute Gasteiger partial charge is 0.315 e. The number of rotatable bonds is 3. The van der Waals surface area contributed by atoms with Crippen LogP contribution in [-0.4, -0.2) is 15.7 Å². The number of hydrogen-bond donors (Lipinski definition) is 1. The minimum Gasteiger partial charge on any atom is -0.315 e. The average molecular weight is 384 g/mol. The number of aromatic nitrogens is 2. The van der Waals surface area contributed by atoms with E-state index in [2.05, 4.69) is 21.0 Å². The third kappa shape index (κ3) is 2.58. The summed E-state index contributed by atoms with van der Waals surface area (Å²) in [6, 6.07) is 0. The van der Waals surface area contributed by atoms with Gasteiger partial charge in [-0.25, -0.2) is 22.0 Å². The maximum atomic E-state index is 13.5. The molecule has 0 spiro atoms. The van der Waals surface area contributed by atoms with Crippen molar-refractivity contribution in [2.24, 2.45) is 0 Å². The van der Waals surface area contributed by atoms with E-state index in [0.717, 1.165) is 0 Å². The van der Waals surface area contributed by atoms with E-state index in [9.17, 15) is 26.7 Å². The zero-order valence-electron chi connectivity index (χ0n) is 10.9. The molecule has 0 unspecified atom stereocenters. The number of carbonyl (C=O) groups is 1. The Labute approximate surface area is 129 Å². The maximum absolute atomic E-state index is 13.5. The van der Waals surface area contributed by atoms with Gasteiger partial charge < -0.3 is 5.32 Å². The van der Waals surface area contributed by atoms with Gasteiger partial charge in [0.1, 0.15) is 11.4 Å². The topological polar surface area (TPSA) is 46.9 Å². The molecule has 0 aliphatic heterocycles. The van der Waals surface area contributed by atoms with Gasteiger partial charge in [0.25, 0.3) is 5.91 Å². The van der Waals surface area contributed by atoms with Crippen molar-refractivity contribution in [3.05, 3.63) is 45.4 Å². The number of nitrogens with one attached hydrogen (secondary N) is 1. The van der Waals surface area contributed by atoms with Gasteiger partial charge in [-0.3, -0.25) is 9.48 Å². The molecule has 2 rings (SSSR count). The summed E-state index contributed by atoms with van der Waals surface area (Å²) in [5.41, 5.74) is -1.54. The highest BCUT2D eigenvalue weighted by atomic mass is 79.9. The molecule has 2 aromatic rings. The quantitative estimate of drug-likeness (QED) is 0.500. The summed E-state index contributed by atoms with van der Waals surface area (Å²) < 4.78 is 67.5. The van der Waals surface area contributed by atoms with Gasteiger partial charge >= 0.3 is 0 Å². The van der Waals surface area contributed by atoms with E-state index in [1.54, 1.807) is 12.2 Å². The van der Waals surface area contributed by atoms with Gasteiger partial charge in [-0.15, -0.1) is 0 Å². The summed E-state index contributed by atoms with van der Waals surface area (Å²) in [5.74, 6) is -11.9. The lowest BCUT2D eigenvalue weighted by Crippen LogP contribution is -2.20. The molecule has 0 aliphatic carbocycles. The Bertz CT molecular complexity index is 733. The third-order valence-electron chi connectivity index (χ3n) is 2.76. The fourth-order valence-electron chi connectivity index (χ4n) is 1.72. The van der Waals surface area contributed by atoms with Crippen molar-refractivity contribution in [1.29, 1.82) is 0 Å². The molecule has 0 atom stereocenters. The number of carbonyl (C=O) groups excluding carboxylic acids is 1. The first-order valence-corrected chi connectivity index (χ1v) is 6.62. The fourth-order valence-corrected chi connectivity index (χ4v) is 2.19. The lowest BCUT2D eigenvalue weighted by molar-refractivity contribution is 0.101. The molecule has 22 heavy (non-hydrogen) atoms. The lowest BCUT2D eigenvalue weighted by Gasteiger charge is -2.11. The van der Waals surface area contributed by atoms with Crippen molar-refractivity contribution in [3.63, 3.8) is 0 Å². The Kier molecular flexibility index (Phi) is 4.50. The van der Waals surface area contributed by atoms with Gasteiger partial charge in [0.15, 0.2) is 23.3 Å². The van der Waals surface area contributed by atoms with Crippen LogP contribution >= 0.6 is 15.9 Å². The molecule has 0 saturated heterocycles. The van der Waals surface area contributed by atoms with Crippen LogP contribution in [0.25, 0.3) is 0 Å². The van der Waals surface area contributed by atoms with E-state index in [4.69, 9.17) is 0 Å². The van der Waals surface area contributed by atoms with Crippen LogP contribution in [0.4, 0.5) is 27.6 Å². The van der Waals surface area contributed by atoms with E-state index < -0.39 is 40.7 Å². The molecule has 1 heterocycles. The summed E-state index contributed by atoms with van der Waals surface area (Å²) in [5, 5.41) is 5.48. The van der Waals surface area contributed by atoms with Gasteiger partial charge in [-0.05, 0) is 22.9 Å². The molecule has 1 amide bonds. The second-order valence-corrected chi connectivity index (χ2v) is 4.91. The zero-order chi connectivity index (χ0) is 16.6. The predicted molar refractivity (Wildman–Crippen MR) is 69.8 cm³/mol. The third-order valence-corrected chi connectivity index (χ3v) is 3.34. The molecule has 4 nitrogen and oxygen atoms in total. The summed E-state index contributed by atoms with van der Waals surface area (Å²) in [4.78, 5) is 12.0. The van der Waals surface area contributed by atoms with Gasteiger partial charge in [-0.2, -0.15) is 5.10 Å². The predicted octanol–water partition coefficient (Wildman–Crippen LogP) is 3.61. The highest BCUT2D eigenvalue weighted by Gasteiger charge is 2.28. The van der Waals surface area contributed by atoms with E-state index >= 15 is 0 Å². The van der Waals surface area contributed by atoms with E-state index in [1.165, 1.54) is 10.9 Å². The van der Waals surface area contributed by atoms with E-state index in [-0.39, 0.29) is 16.7 Å². The van der Waals surface area contributed by atoms with Crippen LogP contribution in [0.1, 0.15) is 17.4 Å². The number of anilines is 1. The molecule has 1 N–H and O–H groups in total. The zero-order valence-corrected chi connectivity index (χ0v) is 12.4. The Morgan fingerprint density at radius 2 is 1.64 bits per heavy atom. The van der Waals surface area contributed by atoms with Crippen LogP contribution in [-0.2, 0) is 6.54 Å². The standard InChI is InChI=1S/C12H7BrF5N3O/c1-2-21-11(4(13)3-19-21)12(22)20-10-8(17)6(15)5(14)7(16)9(10)18/h3H,2H2,1H3,(H,20,22). The van der Waals surface area contributed by atoms with Crippen molar-refractivity contribution in [1.82, 2.24) is 9.78 Å². The van der Waals surface area contributed by atoms with E-state index in [0.29, 0.717) is 0 Å². The van der Waals surface area contributed by atoms with E-state index in [1.807, 2.05) is 0 Å². The number of benzene rings is 1. The Balaban J connectivity index is 2.48. The molecule has 0 saturated carbocycles. The van der Waals surface area contributed by atoms with Crippen LogP contribution in [0, 0.1) is 29.1 Å². The van der Waals surface area contributed by atoms with Crippen molar-refractivity contribution in [2.75, 3.05) is 5.32 Å². The van der Waals surface area contributed by atoms with Gasteiger partial charge in [0.05, 0.1) is 10.7 Å². The van der Waals surface area contributed by atoms with Crippen molar-refractivity contribution < 1.29 is 26.7 Å². The number of aryl methyl sites for hydroxylation is 1. The molecule has 118 valence electrons. The van der Waals surface area contributed by atoms with Gasteiger partial charge in [-0.1, -0.05) is 0 Å². The maximum Gasteiger partial charge on any atom is 0.275 e. The van der Waals surface area contributed by atoms with Crippen molar-refractivity contribution in [3.8, 4) is 0 Å². The smallest absolute Gasteiger partial charge is 0.275 e. The molecule has 1 aromatic carbocycles. The van der Waals surface area contributed by atoms with Crippen molar-refractivity contribution >= 4 is 27.5 Å². The van der Waals surface area contributed by atoms with Crippen LogP contribution in [0.5, 0.6) is 0 Å². The monoisotopic (exact) mass is 383 g/mol. The molecular formula is C12H7BrF5N3O. The lowest BCUT2D eigenvalue weighted by atomic mass is 10.2. The molecule has 10 heteroatoms. The Morgan fingerprint density at radius 3 is 2.14 bits per heavy atom. The SMILES string of the molecule is CCn1ncc(Br)c1C(=O)Nc1c(F)c(F)c(F)c(F)c1F. The molecule has 0 bridgehead atoms. The normalized spacial score (nSPS) is 10.9. The van der Waals surface area contributed by atoms with Gasteiger partial charge in [0.2, 0.25) is 5.82 Å². The molecular weight excluding hydrogens is 377 g/mol. The van der Waals surface area contributed by atoms with Crippen molar-refractivity contribution in [2.45, 2.75) is 13.5 Å². The highest BCUT2D eigenvalue weighted by molar-refractivity contribution is 9.10. The first kappa shape index (κ1) is 16.4. The van der Waals surface area contributed by atoms with Gasteiger partial charge in [0, 0.05) is 6.54 Å². The summed E-state index contributed by atoms with van der Waals surface area (Å²) >= 11 is 3.01. The van der Waals surface area contributed by atoms with Crippen LogP contribution < -0.4 is 5.32 Å². The van der Waals surface area contributed by atoms with Crippen LogP contribution in [0.15, 0.2) is 10.7 Å². The summed E-state index contributed by atoms with van der Waals surface area (Å²) in [7, 11) is 0. The minimum absolute atomic E-state index is 0.119. The number of amides is 1. The summed E-state index contributed by atoms with van der Waals surface area (Å²) in [6.07, 6.45) is 1.26. The number of nitrogens with zero attached hydrogens (tertiary/aromatic N) is 2. The first-order valence-electron chi connectivity index (χ1n) is 5.83. The molecule has 0 fully saturated rings. The first-order chi connectivity index (χ1) is 10.3. The fraction of sp³-hybridized carbons (Fsp3) is 0.167. The molecule has 0 radical (unpaired) electrons. The minimum atomic E-state index is -2.30. The molecule has 1 aromatic heterocycles. The molecule has 0 aliphatic rings. The highest BCUT2D eigenvalue weighted by Crippen LogP contribution is 2.28. The van der Waals surface area contributed by atoms with Crippen LogP contribution in [0.2, 0.25) is 0 Å². The second-order valence-electron chi connectivity index (χ2n) is 4.06. The Hall–Kier alpha value is -1.97. The average Bonchev–Trinajstić information content (AvgIpc) is 2.88.